The lowest BCUT2D eigenvalue weighted by Gasteiger charge is -2.29. The van der Waals surface area contributed by atoms with Crippen molar-refractivity contribution >= 4 is 11.6 Å². The van der Waals surface area contributed by atoms with Crippen LogP contribution in [0.3, 0.4) is 0 Å². The van der Waals surface area contributed by atoms with Crippen LogP contribution in [0.4, 0.5) is 0 Å². The Hall–Kier alpha value is -0.570. The Morgan fingerprint density at radius 2 is 1.83 bits per heavy atom. The Labute approximate surface area is 115 Å². The smallest absolute Gasteiger partial charge is 0.0600 e. The van der Waals surface area contributed by atoms with Gasteiger partial charge in [-0.2, -0.15) is 0 Å². The van der Waals surface area contributed by atoms with Gasteiger partial charge in [-0.05, 0) is 38.4 Å². The van der Waals surface area contributed by atoms with E-state index in [4.69, 9.17) is 16.3 Å². The van der Waals surface area contributed by atoms with Crippen molar-refractivity contribution in [2.75, 3.05) is 7.05 Å². The molecule has 0 aromatic heterocycles. The molecule has 1 saturated heterocycles. The summed E-state index contributed by atoms with van der Waals surface area (Å²) in [5, 5.41) is 4.25. The average molecular weight is 268 g/mol. The largest absolute Gasteiger partial charge is 0.375 e. The number of hydrogen-bond acceptors (Lipinski definition) is 2. The van der Waals surface area contributed by atoms with Crippen LogP contribution >= 0.6 is 11.6 Å². The lowest BCUT2D eigenvalue weighted by molar-refractivity contribution is 0.0478. The molecule has 0 bridgehead atoms. The zero-order valence-corrected chi connectivity index (χ0v) is 12.2. The van der Waals surface area contributed by atoms with Gasteiger partial charge in [0, 0.05) is 17.0 Å². The van der Waals surface area contributed by atoms with Crippen molar-refractivity contribution in [2.45, 2.75) is 39.0 Å². The summed E-state index contributed by atoms with van der Waals surface area (Å²) >= 11 is 6.33. The number of halogens is 1. The zero-order valence-electron chi connectivity index (χ0n) is 11.5. The van der Waals surface area contributed by atoms with E-state index in [-0.39, 0.29) is 12.1 Å². The zero-order chi connectivity index (χ0) is 13.3. The summed E-state index contributed by atoms with van der Waals surface area (Å²) in [6.45, 7) is 6.58. The van der Waals surface area contributed by atoms with Gasteiger partial charge < -0.3 is 10.1 Å². The lowest BCUT2D eigenvalue weighted by atomic mass is 9.80. The van der Waals surface area contributed by atoms with Gasteiger partial charge in [-0.15, -0.1) is 0 Å². The monoisotopic (exact) mass is 267 g/mol. The maximum Gasteiger partial charge on any atom is 0.0600 e. The SMILES string of the molecule is CNC(c1ccccc1Cl)C1C(C)OC(C)C1C. The van der Waals surface area contributed by atoms with Crippen LogP contribution in [-0.2, 0) is 4.74 Å². The van der Waals surface area contributed by atoms with Gasteiger partial charge in [-0.3, -0.25) is 0 Å². The van der Waals surface area contributed by atoms with Gasteiger partial charge in [0.2, 0.25) is 0 Å². The molecular formula is C15H22ClNO. The standard InChI is InChI=1S/C15H22ClNO/c1-9-10(2)18-11(3)14(9)15(17-4)12-7-5-6-8-13(12)16/h5-11,14-15,17H,1-4H3. The number of ether oxygens (including phenoxy) is 1. The van der Waals surface area contributed by atoms with E-state index in [2.05, 4.69) is 32.2 Å². The molecule has 18 heavy (non-hydrogen) atoms. The second kappa shape index (κ2) is 5.60. The van der Waals surface area contributed by atoms with Crippen LogP contribution in [0.2, 0.25) is 5.02 Å². The normalized spacial score (nSPS) is 33.6. The topological polar surface area (TPSA) is 21.3 Å². The van der Waals surface area contributed by atoms with Crippen LogP contribution in [-0.4, -0.2) is 19.3 Å². The Bertz CT molecular complexity index is 409. The van der Waals surface area contributed by atoms with E-state index in [0.717, 1.165) is 5.02 Å². The van der Waals surface area contributed by atoms with Gasteiger partial charge in [0.15, 0.2) is 0 Å². The molecule has 0 spiro atoms. The highest BCUT2D eigenvalue weighted by Gasteiger charge is 2.42. The molecular weight excluding hydrogens is 246 g/mol. The molecule has 1 aromatic carbocycles. The van der Waals surface area contributed by atoms with Crippen LogP contribution in [0.25, 0.3) is 0 Å². The van der Waals surface area contributed by atoms with Gasteiger partial charge in [0.25, 0.3) is 0 Å². The number of rotatable bonds is 3. The van der Waals surface area contributed by atoms with Crippen LogP contribution < -0.4 is 5.32 Å². The van der Waals surface area contributed by atoms with Crippen molar-refractivity contribution in [1.82, 2.24) is 5.32 Å². The van der Waals surface area contributed by atoms with Crippen molar-refractivity contribution in [1.29, 1.82) is 0 Å². The Kier molecular flexibility index (Phi) is 4.31. The molecule has 0 saturated carbocycles. The fraction of sp³-hybridized carbons (Fsp3) is 0.600. The molecule has 2 nitrogen and oxygen atoms in total. The van der Waals surface area contributed by atoms with Crippen molar-refractivity contribution < 1.29 is 4.74 Å². The minimum atomic E-state index is 0.244. The predicted molar refractivity (Wildman–Crippen MR) is 75.9 cm³/mol. The fourth-order valence-corrected chi connectivity index (χ4v) is 3.40. The van der Waals surface area contributed by atoms with Crippen LogP contribution in [0.1, 0.15) is 32.4 Å². The van der Waals surface area contributed by atoms with Crippen molar-refractivity contribution in [2.24, 2.45) is 11.8 Å². The molecule has 0 aliphatic carbocycles. The van der Waals surface area contributed by atoms with Gasteiger partial charge in [0.1, 0.15) is 0 Å². The quantitative estimate of drug-likeness (QED) is 0.902. The van der Waals surface area contributed by atoms with E-state index in [9.17, 15) is 0 Å². The van der Waals surface area contributed by atoms with E-state index in [1.165, 1.54) is 5.56 Å². The number of hydrogen-bond donors (Lipinski definition) is 1. The Morgan fingerprint density at radius 3 is 2.33 bits per heavy atom. The summed E-state index contributed by atoms with van der Waals surface area (Å²) in [6.07, 6.45) is 0.562. The van der Waals surface area contributed by atoms with Gasteiger partial charge in [0.05, 0.1) is 12.2 Å². The second-order valence-corrected chi connectivity index (χ2v) is 5.68. The van der Waals surface area contributed by atoms with Crippen molar-refractivity contribution in [3.63, 3.8) is 0 Å². The molecule has 3 heteroatoms. The third-order valence-electron chi connectivity index (χ3n) is 4.26. The third kappa shape index (κ3) is 2.42. The molecule has 5 unspecified atom stereocenters. The van der Waals surface area contributed by atoms with E-state index < -0.39 is 0 Å². The van der Waals surface area contributed by atoms with E-state index in [1.54, 1.807) is 0 Å². The van der Waals surface area contributed by atoms with Crippen molar-refractivity contribution in [3.8, 4) is 0 Å². The highest BCUT2D eigenvalue weighted by Crippen LogP contribution is 2.41. The van der Waals surface area contributed by atoms with Gasteiger partial charge >= 0.3 is 0 Å². The first kappa shape index (κ1) is 13.9. The molecule has 1 N–H and O–H groups in total. The molecule has 1 fully saturated rings. The second-order valence-electron chi connectivity index (χ2n) is 5.27. The first-order chi connectivity index (χ1) is 8.56. The predicted octanol–water partition coefficient (Wildman–Crippen LogP) is 3.66. The molecule has 0 amide bonds. The molecule has 2 rings (SSSR count). The number of nitrogens with one attached hydrogen (secondary N) is 1. The first-order valence-corrected chi connectivity index (χ1v) is 7.01. The molecule has 5 atom stereocenters. The van der Waals surface area contributed by atoms with E-state index in [1.807, 2.05) is 25.2 Å². The maximum absolute atomic E-state index is 6.33. The van der Waals surface area contributed by atoms with Crippen LogP contribution in [0, 0.1) is 11.8 Å². The highest BCUT2D eigenvalue weighted by molar-refractivity contribution is 6.31. The first-order valence-electron chi connectivity index (χ1n) is 6.63. The van der Waals surface area contributed by atoms with Crippen molar-refractivity contribution in [3.05, 3.63) is 34.9 Å². The molecule has 1 aliphatic rings. The van der Waals surface area contributed by atoms with Crippen LogP contribution in [0.15, 0.2) is 24.3 Å². The van der Waals surface area contributed by atoms with E-state index in [0.29, 0.717) is 17.9 Å². The molecule has 1 heterocycles. The minimum absolute atomic E-state index is 0.244. The fourth-order valence-electron chi connectivity index (χ4n) is 3.15. The summed E-state index contributed by atoms with van der Waals surface area (Å²) in [5.74, 6) is 0.971. The summed E-state index contributed by atoms with van der Waals surface area (Å²) in [7, 11) is 2.00. The summed E-state index contributed by atoms with van der Waals surface area (Å²) in [5.41, 5.74) is 1.17. The van der Waals surface area contributed by atoms with Gasteiger partial charge in [-0.25, -0.2) is 0 Å². The molecule has 1 aromatic rings. The Morgan fingerprint density at radius 1 is 1.17 bits per heavy atom. The van der Waals surface area contributed by atoms with Gasteiger partial charge in [-0.1, -0.05) is 36.7 Å². The summed E-state index contributed by atoms with van der Waals surface area (Å²) in [6, 6.07) is 8.31. The molecule has 100 valence electrons. The maximum atomic E-state index is 6.33. The number of benzene rings is 1. The summed E-state index contributed by atoms with van der Waals surface area (Å²) in [4.78, 5) is 0. The lowest BCUT2D eigenvalue weighted by Crippen LogP contribution is -2.33. The van der Waals surface area contributed by atoms with E-state index >= 15 is 0 Å². The molecule has 0 radical (unpaired) electrons. The highest BCUT2D eigenvalue weighted by atomic mass is 35.5. The van der Waals surface area contributed by atoms with Crippen LogP contribution in [0.5, 0.6) is 0 Å². The molecule has 1 aliphatic heterocycles. The third-order valence-corrected chi connectivity index (χ3v) is 4.60. The summed E-state index contributed by atoms with van der Waals surface area (Å²) < 4.78 is 5.95. The minimum Gasteiger partial charge on any atom is -0.375 e. The Balaban J connectivity index is 2.32. The average Bonchev–Trinajstić information content (AvgIpc) is 2.59.